The van der Waals surface area contributed by atoms with Gasteiger partial charge in [0.1, 0.15) is 5.75 Å². The van der Waals surface area contributed by atoms with Crippen molar-refractivity contribution < 1.29 is 19.1 Å². The van der Waals surface area contributed by atoms with Crippen LogP contribution in [0, 0.1) is 6.92 Å². The van der Waals surface area contributed by atoms with Crippen molar-refractivity contribution in [2.75, 3.05) is 18.5 Å². The number of esters is 1. The van der Waals surface area contributed by atoms with Crippen molar-refractivity contribution >= 4 is 29.2 Å². The molecule has 6 heteroatoms. The number of para-hydroxylation sites is 1. The van der Waals surface area contributed by atoms with Gasteiger partial charge in [-0.05, 0) is 56.2 Å². The number of aryl methyl sites for hydroxylation is 1. The normalized spacial score (nSPS) is 10.3. The lowest BCUT2D eigenvalue weighted by molar-refractivity contribution is -0.116. The van der Waals surface area contributed by atoms with Gasteiger partial charge in [-0.1, -0.05) is 23.7 Å². The topological polar surface area (TPSA) is 64.6 Å². The zero-order valence-corrected chi connectivity index (χ0v) is 15.6. The smallest absolute Gasteiger partial charge is 0.340 e. The van der Waals surface area contributed by atoms with Gasteiger partial charge in [-0.25, -0.2) is 4.79 Å². The van der Waals surface area contributed by atoms with E-state index in [0.29, 0.717) is 29.3 Å². The summed E-state index contributed by atoms with van der Waals surface area (Å²) in [6.07, 6.45) is 0.832. The third kappa shape index (κ3) is 5.77. The van der Waals surface area contributed by atoms with Crippen LogP contribution in [0.2, 0.25) is 5.02 Å². The van der Waals surface area contributed by atoms with E-state index in [1.54, 1.807) is 43.3 Å². The van der Waals surface area contributed by atoms with Crippen molar-refractivity contribution in [1.29, 1.82) is 0 Å². The van der Waals surface area contributed by atoms with E-state index in [2.05, 4.69) is 5.32 Å². The summed E-state index contributed by atoms with van der Waals surface area (Å²) in [5.74, 6) is 0.0856. The second-order valence-corrected chi connectivity index (χ2v) is 6.08. The third-order valence-corrected chi connectivity index (χ3v) is 4.07. The van der Waals surface area contributed by atoms with Crippen LogP contribution in [0.3, 0.4) is 0 Å². The molecule has 2 rings (SSSR count). The Labute approximate surface area is 158 Å². The number of carbonyl (C=O) groups excluding carboxylic acids is 2. The molecule has 0 fully saturated rings. The van der Waals surface area contributed by atoms with Crippen LogP contribution < -0.4 is 10.1 Å². The van der Waals surface area contributed by atoms with Crippen molar-refractivity contribution in [3.63, 3.8) is 0 Å². The first-order valence-corrected chi connectivity index (χ1v) is 8.84. The van der Waals surface area contributed by atoms with E-state index in [4.69, 9.17) is 21.1 Å². The van der Waals surface area contributed by atoms with Crippen molar-refractivity contribution in [3.05, 3.63) is 58.6 Å². The van der Waals surface area contributed by atoms with E-state index in [1.807, 2.05) is 13.0 Å². The number of anilines is 1. The predicted octanol–water partition coefficient (Wildman–Crippen LogP) is 4.62. The van der Waals surface area contributed by atoms with Gasteiger partial charge in [-0.15, -0.1) is 0 Å². The zero-order valence-electron chi connectivity index (χ0n) is 14.9. The van der Waals surface area contributed by atoms with E-state index >= 15 is 0 Å². The first-order chi connectivity index (χ1) is 12.5. The predicted molar refractivity (Wildman–Crippen MR) is 102 cm³/mol. The lowest BCUT2D eigenvalue weighted by Crippen LogP contribution is -2.16. The Hall–Kier alpha value is -2.53. The van der Waals surface area contributed by atoms with Crippen LogP contribution in [-0.2, 0) is 9.53 Å². The molecule has 1 amide bonds. The van der Waals surface area contributed by atoms with Gasteiger partial charge in [0.25, 0.3) is 0 Å². The summed E-state index contributed by atoms with van der Waals surface area (Å²) in [6, 6.07) is 12.2. The Morgan fingerprint density at radius 3 is 2.65 bits per heavy atom. The maximum atomic E-state index is 12.1. The third-order valence-electron chi connectivity index (χ3n) is 3.64. The Bertz CT molecular complexity index is 776. The molecule has 2 aromatic carbocycles. The first-order valence-electron chi connectivity index (χ1n) is 8.46. The van der Waals surface area contributed by atoms with Crippen LogP contribution in [0.25, 0.3) is 0 Å². The van der Waals surface area contributed by atoms with Crippen LogP contribution in [0.4, 0.5) is 5.69 Å². The molecule has 2 aromatic rings. The molecule has 0 unspecified atom stereocenters. The molecule has 0 bridgehead atoms. The van der Waals surface area contributed by atoms with Gasteiger partial charge < -0.3 is 14.8 Å². The summed E-state index contributed by atoms with van der Waals surface area (Å²) in [7, 11) is 0. The minimum absolute atomic E-state index is 0.183. The summed E-state index contributed by atoms with van der Waals surface area (Å²) in [5.41, 5.74) is 1.73. The van der Waals surface area contributed by atoms with E-state index in [1.165, 1.54) is 0 Å². The molecule has 0 aromatic heterocycles. The highest BCUT2D eigenvalue weighted by molar-refractivity contribution is 6.31. The van der Waals surface area contributed by atoms with Gasteiger partial charge >= 0.3 is 5.97 Å². The Balaban J connectivity index is 1.82. The Morgan fingerprint density at radius 1 is 1.15 bits per heavy atom. The maximum absolute atomic E-state index is 12.1. The standard InChI is InChI=1S/C20H22ClNO4/c1-3-25-20(24)16-7-4-5-8-18(16)22-19(23)9-6-12-26-15-10-11-17(21)14(2)13-15/h4-5,7-8,10-11,13H,3,6,9,12H2,1-2H3,(H,22,23). The van der Waals surface area contributed by atoms with Crippen LogP contribution in [0.5, 0.6) is 5.75 Å². The molecule has 0 aliphatic carbocycles. The number of rotatable bonds is 8. The molecular formula is C20H22ClNO4. The van der Waals surface area contributed by atoms with E-state index in [9.17, 15) is 9.59 Å². The number of hydrogen-bond acceptors (Lipinski definition) is 4. The molecule has 0 aliphatic heterocycles. The highest BCUT2D eigenvalue weighted by atomic mass is 35.5. The van der Waals surface area contributed by atoms with Gasteiger partial charge in [0.15, 0.2) is 0 Å². The minimum Gasteiger partial charge on any atom is -0.494 e. The number of halogens is 1. The average Bonchev–Trinajstić information content (AvgIpc) is 2.62. The fourth-order valence-corrected chi connectivity index (χ4v) is 2.44. The number of benzene rings is 2. The summed E-state index contributed by atoms with van der Waals surface area (Å²) >= 11 is 5.97. The monoisotopic (exact) mass is 375 g/mol. The fourth-order valence-electron chi connectivity index (χ4n) is 2.32. The molecular weight excluding hydrogens is 354 g/mol. The molecule has 138 valence electrons. The zero-order chi connectivity index (χ0) is 18.9. The van der Waals surface area contributed by atoms with Crippen molar-refractivity contribution in [2.24, 2.45) is 0 Å². The van der Waals surface area contributed by atoms with E-state index < -0.39 is 5.97 Å². The van der Waals surface area contributed by atoms with Crippen LogP contribution in [0.1, 0.15) is 35.7 Å². The molecule has 0 spiro atoms. The Morgan fingerprint density at radius 2 is 1.92 bits per heavy atom. The number of nitrogens with one attached hydrogen (secondary N) is 1. The molecule has 0 heterocycles. The molecule has 1 N–H and O–H groups in total. The lowest BCUT2D eigenvalue weighted by atomic mass is 10.1. The quantitative estimate of drug-likeness (QED) is 0.540. The largest absolute Gasteiger partial charge is 0.494 e. The van der Waals surface area contributed by atoms with Crippen molar-refractivity contribution in [2.45, 2.75) is 26.7 Å². The second-order valence-electron chi connectivity index (χ2n) is 5.68. The summed E-state index contributed by atoms with van der Waals surface area (Å²) in [5, 5.41) is 3.44. The summed E-state index contributed by atoms with van der Waals surface area (Å²) in [6.45, 7) is 4.33. The Kier molecular flexibility index (Phi) is 7.48. The molecule has 0 saturated carbocycles. The van der Waals surface area contributed by atoms with Crippen molar-refractivity contribution in [1.82, 2.24) is 0 Å². The van der Waals surface area contributed by atoms with E-state index in [-0.39, 0.29) is 18.9 Å². The molecule has 0 atom stereocenters. The van der Waals surface area contributed by atoms with Crippen LogP contribution in [0.15, 0.2) is 42.5 Å². The van der Waals surface area contributed by atoms with Crippen molar-refractivity contribution in [3.8, 4) is 5.75 Å². The van der Waals surface area contributed by atoms with Gasteiger partial charge in [0.05, 0.1) is 24.5 Å². The highest BCUT2D eigenvalue weighted by Gasteiger charge is 2.13. The molecule has 26 heavy (non-hydrogen) atoms. The number of carbonyl (C=O) groups is 2. The van der Waals surface area contributed by atoms with Gasteiger partial charge in [0.2, 0.25) is 5.91 Å². The maximum Gasteiger partial charge on any atom is 0.340 e. The molecule has 0 saturated heterocycles. The first kappa shape index (κ1) is 19.8. The minimum atomic E-state index is -0.454. The second kappa shape index (κ2) is 9.82. The van der Waals surface area contributed by atoms with Crippen LogP contribution in [-0.4, -0.2) is 25.1 Å². The molecule has 0 aliphatic rings. The van der Waals surface area contributed by atoms with Gasteiger partial charge in [0, 0.05) is 11.4 Å². The van der Waals surface area contributed by atoms with Gasteiger partial charge in [-0.2, -0.15) is 0 Å². The fraction of sp³-hybridized carbons (Fsp3) is 0.300. The number of hydrogen-bond donors (Lipinski definition) is 1. The number of amides is 1. The lowest BCUT2D eigenvalue weighted by Gasteiger charge is -2.11. The van der Waals surface area contributed by atoms with Crippen LogP contribution >= 0.6 is 11.6 Å². The summed E-state index contributed by atoms with van der Waals surface area (Å²) < 4.78 is 10.6. The SMILES string of the molecule is CCOC(=O)c1ccccc1NC(=O)CCCOc1ccc(Cl)c(C)c1. The molecule has 0 radical (unpaired) electrons. The molecule has 5 nitrogen and oxygen atoms in total. The summed E-state index contributed by atoms with van der Waals surface area (Å²) in [4.78, 5) is 24.0. The number of ether oxygens (including phenoxy) is 2. The van der Waals surface area contributed by atoms with E-state index in [0.717, 1.165) is 11.3 Å². The highest BCUT2D eigenvalue weighted by Crippen LogP contribution is 2.21. The van der Waals surface area contributed by atoms with Gasteiger partial charge in [-0.3, -0.25) is 4.79 Å². The average molecular weight is 376 g/mol.